The number of unbranched alkanes of at least 4 members (excludes halogenated alkanes) is 50. The fraction of sp³-hybridized carbons (Fsp3) is 0.952. The summed E-state index contributed by atoms with van der Waals surface area (Å²) >= 11 is 0. The van der Waals surface area contributed by atoms with Gasteiger partial charge in [0, 0.05) is 6.42 Å². The normalized spacial score (nSPS) is 12.7. The van der Waals surface area contributed by atoms with Crippen LogP contribution in [0.1, 0.15) is 367 Å². The molecule has 2 atom stereocenters. The minimum Gasteiger partial charge on any atom is -0.394 e. The summed E-state index contributed by atoms with van der Waals surface area (Å²) in [6.07, 6.45) is 78.1. The van der Waals surface area contributed by atoms with E-state index in [-0.39, 0.29) is 12.5 Å². The number of aliphatic hydroxyl groups is 2. The van der Waals surface area contributed by atoms with Crippen molar-refractivity contribution in [3.63, 3.8) is 0 Å². The zero-order valence-electron chi connectivity index (χ0n) is 46.2. The van der Waals surface area contributed by atoms with Crippen molar-refractivity contribution in [1.82, 2.24) is 5.32 Å². The lowest BCUT2D eigenvalue weighted by Gasteiger charge is -2.22. The zero-order chi connectivity index (χ0) is 48.5. The van der Waals surface area contributed by atoms with Crippen molar-refractivity contribution in [2.75, 3.05) is 6.61 Å². The van der Waals surface area contributed by atoms with Gasteiger partial charge in [0.25, 0.3) is 0 Å². The topological polar surface area (TPSA) is 69.6 Å². The summed E-state index contributed by atoms with van der Waals surface area (Å²) in [6.45, 7) is 4.41. The van der Waals surface area contributed by atoms with Crippen molar-refractivity contribution in [2.24, 2.45) is 0 Å². The van der Waals surface area contributed by atoms with Gasteiger partial charge in [-0.3, -0.25) is 4.79 Å². The summed E-state index contributed by atoms with van der Waals surface area (Å²) in [5, 5.41) is 23.4. The highest BCUT2D eigenvalue weighted by molar-refractivity contribution is 5.76. The molecule has 1 amide bonds. The van der Waals surface area contributed by atoms with E-state index in [0.717, 1.165) is 25.7 Å². The number of rotatable bonds is 59. The van der Waals surface area contributed by atoms with Gasteiger partial charge in [0.05, 0.1) is 18.8 Å². The van der Waals surface area contributed by atoms with Crippen molar-refractivity contribution >= 4 is 5.91 Å². The molecule has 0 spiro atoms. The lowest BCUT2D eigenvalue weighted by molar-refractivity contribution is -0.123. The second-order valence-corrected chi connectivity index (χ2v) is 21.8. The van der Waals surface area contributed by atoms with Crippen LogP contribution in [0.2, 0.25) is 0 Å². The minimum absolute atomic E-state index is 0.0226. The first-order valence-corrected chi connectivity index (χ1v) is 31.4. The molecule has 0 rings (SSSR count). The lowest BCUT2D eigenvalue weighted by Crippen LogP contribution is -2.45. The number of carbonyl (C=O) groups is 1. The molecule has 2 unspecified atom stereocenters. The fourth-order valence-electron chi connectivity index (χ4n) is 10.2. The maximum absolute atomic E-state index is 12.5. The Kier molecular flexibility index (Phi) is 58.7. The predicted octanol–water partition coefficient (Wildman–Crippen LogP) is 20.9. The van der Waals surface area contributed by atoms with Gasteiger partial charge >= 0.3 is 0 Å². The van der Waals surface area contributed by atoms with E-state index >= 15 is 0 Å². The highest BCUT2D eigenvalue weighted by atomic mass is 16.3. The van der Waals surface area contributed by atoms with Gasteiger partial charge in [-0.05, 0) is 38.5 Å². The van der Waals surface area contributed by atoms with Gasteiger partial charge in [-0.1, -0.05) is 334 Å². The van der Waals surface area contributed by atoms with Crippen LogP contribution >= 0.6 is 0 Å². The van der Waals surface area contributed by atoms with Crippen LogP contribution in [0.15, 0.2) is 12.2 Å². The predicted molar refractivity (Wildman–Crippen MR) is 299 cm³/mol. The molecule has 0 aliphatic heterocycles. The molecular formula is C63H125NO3. The number of nitrogens with one attached hydrogen (secondary N) is 1. The summed E-state index contributed by atoms with van der Waals surface area (Å²) in [4.78, 5) is 12.5. The second-order valence-electron chi connectivity index (χ2n) is 21.8. The van der Waals surface area contributed by atoms with Crippen LogP contribution in [0, 0.1) is 0 Å². The standard InChI is InChI=1S/C63H125NO3/c1-3-5-7-9-11-13-15-17-19-21-23-25-27-28-29-30-31-32-33-34-35-36-37-39-41-43-45-47-49-51-53-55-57-59-63(67)64-61(60-65)62(66)58-56-54-52-50-48-46-44-42-40-38-26-24-22-20-18-16-14-12-10-8-6-4-2/h28-29,61-62,65-66H,3-27,30-60H2,1-2H3,(H,64,67)/b29-28-. The highest BCUT2D eigenvalue weighted by Crippen LogP contribution is 2.19. The van der Waals surface area contributed by atoms with Gasteiger partial charge in [-0.25, -0.2) is 0 Å². The SMILES string of the molecule is CCCCCCCCCCCCCC/C=C\CCCCCCCCCCCCCCCCCCCC(=O)NC(CO)C(O)CCCCCCCCCCCCCCCCCCCCCCCC. The van der Waals surface area contributed by atoms with Crippen LogP contribution in [-0.4, -0.2) is 34.9 Å². The van der Waals surface area contributed by atoms with Gasteiger partial charge in [-0.2, -0.15) is 0 Å². The molecule has 4 heteroatoms. The summed E-state index contributed by atoms with van der Waals surface area (Å²) in [7, 11) is 0. The molecule has 3 N–H and O–H groups in total. The van der Waals surface area contributed by atoms with Crippen LogP contribution in [0.5, 0.6) is 0 Å². The fourth-order valence-corrected chi connectivity index (χ4v) is 10.2. The zero-order valence-corrected chi connectivity index (χ0v) is 46.2. The third kappa shape index (κ3) is 55.9. The molecule has 0 heterocycles. The third-order valence-corrected chi connectivity index (χ3v) is 15.0. The number of amides is 1. The number of carbonyl (C=O) groups excluding carboxylic acids is 1. The molecule has 0 aromatic rings. The average molecular weight is 945 g/mol. The molecular weight excluding hydrogens is 819 g/mol. The molecule has 400 valence electrons. The Morgan fingerprint density at radius 3 is 0.821 bits per heavy atom. The molecule has 0 saturated carbocycles. The van der Waals surface area contributed by atoms with E-state index in [1.807, 2.05) is 0 Å². The maximum Gasteiger partial charge on any atom is 0.220 e. The van der Waals surface area contributed by atoms with Gasteiger partial charge in [0.1, 0.15) is 0 Å². The Hall–Kier alpha value is -0.870. The highest BCUT2D eigenvalue weighted by Gasteiger charge is 2.20. The van der Waals surface area contributed by atoms with Gasteiger partial charge in [-0.15, -0.1) is 0 Å². The van der Waals surface area contributed by atoms with Crippen molar-refractivity contribution < 1.29 is 15.0 Å². The summed E-state index contributed by atoms with van der Waals surface area (Å²) in [5.41, 5.74) is 0. The van der Waals surface area contributed by atoms with Crippen LogP contribution in [-0.2, 0) is 4.79 Å². The van der Waals surface area contributed by atoms with Gasteiger partial charge in [0.2, 0.25) is 5.91 Å². The Balaban J connectivity index is 3.39. The molecule has 0 saturated heterocycles. The van der Waals surface area contributed by atoms with E-state index in [1.165, 1.54) is 315 Å². The number of allylic oxidation sites excluding steroid dienone is 2. The molecule has 0 aromatic heterocycles. The van der Waals surface area contributed by atoms with Crippen LogP contribution in [0.25, 0.3) is 0 Å². The van der Waals surface area contributed by atoms with Gasteiger partial charge in [0.15, 0.2) is 0 Å². The molecule has 0 fully saturated rings. The first kappa shape index (κ1) is 66.1. The largest absolute Gasteiger partial charge is 0.394 e. The number of hydrogen-bond donors (Lipinski definition) is 3. The first-order valence-electron chi connectivity index (χ1n) is 31.4. The summed E-state index contributed by atoms with van der Waals surface area (Å²) in [5.74, 6) is -0.0226. The number of aliphatic hydroxyl groups excluding tert-OH is 2. The number of hydrogen-bond acceptors (Lipinski definition) is 3. The third-order valence-electron chi connectivity index (χ3n) is 15.0. The van der Waals surface area contributed by atoms with E-state index in [1.54, 1.807) is 0 Å². The van der Waals surface area contributed by atoms with Crippen molar-refractivity contribution in [3.05, 3.63) is 12.2 Å². The monoisotopic (exact) mass is 944 g/mol. The molecule has 0 aliphatic carbocycles. The molecule has 4 nitrogen and oxygen atoms in total. The molecule has 0 aliphatic rings. The Labute approximate surface area is 422 Å². The van der Waals surface area contributed by atoms with E-state index < -0.39 is 12.1 Å². The van der Waals surface area contributed by atoms with Crippen LogP contribution in [0.4, 0.5) is 0 Å². The van der Waals surface area contributed by atoms with Crippen molar-refractivity contribution in [2.45, 2.75) is 379 Å². The Morgan fingerprint density at radius 1 is 0.343 bits per heavy atom. The lowest BCUT2D eigenvalue weighted by atomic mass is 10.0. The molecule has 0 bridgehead atoms. The van der Waals surface area contributed by atoms with Crippen LogP contribution in [0.3, 0.4) is 0 Å². The van der Waals surface area contributed by atoms with E-state index in [2.05, 4.69) is 31.3 Å². The van der Waals surface area contributed by atoms with Crippen molar-refractivity contribution in [1.29, 1.82) is 0 Å². The molecule has 0 aromatic carbocycles. The quantitative estimate of drug-likeness (QED) is 0.0420. The molecule has 0 radical (unpaired) electrons. The molecule has 67 heavy (non-hydrogen) atoms. The van der Waals surface area contributed by atoms with Crippen LogP contribution < -0.4 is 5.32 Å². The summed E-state index contributed by atoms with van der Waals surface area (Å²) in [6, 6.07) is -0.534. The first-order chi connectivity index (χ1) is 33.2. The second kappa shape index (κ2) is 59.4. The Morgan fingerprint density at radius 2 is 0.567 bits per heavy atom. The Bertz CT molecular complexity index is 936. The average Bonchev–Trinajstić information content (AvgIpc) is 3.33. The van der Waals surface area contributed by atoms with Gasteiger partial charge < -0.3 is 15.5 Å². The van der Waals surface area contributed by atoms with E-state index in [9.17, 15) is 15.0 Å². The minimum atomic E-state index is -0.657. The van der Waals surface area contributed by atoms with Crippen molar-refractivity contribution in [3.8, 4) is 0 Å². The smallest absolute Gasteiger partial charge is 0.220 e. The summed E-state index contributed by atoms with van der Waals surface area (Å²) < 4.78 is 0. The van der Waals surface area contributed by atoms with E-state index in [0.29, 0.717) is 12.8 Å². The van der Waals surface area contributed by atoms with E-state index in [4.69, 9.17) is 0 Å². The maximum atomic E-state index is 12.5.